The van der Waals surface area contributed by atoms with Crippen LogP contribution in [0.2, 0.25) is 0 Å². The van der Waals surface area contributed by atoms with E-state index in [1.807, 2.05) is 13.8 Å². The van der Waals surface area contributed by atoms with Gasteiger partial charge >= 0.3 is 0 Å². The zero-order chi connectivity index (χ0) is 11.8. The number of carbonyl (C=O) groups excluding carboxylic acids is 2. The van der Waals surface area contributed by atoms with Crippen molar-refractivity contribution >= 4 is 11.7 Å². The van der Waals surface area contributed by atoms with Crippen molar-refractivity contribution < 1.29 is 9.59 Å². The molecular formula is C12H21NO2. The molecule has 15 heavy (non-hydrogen) atoms. The van der Waals surface area contributed by atoms with E-state index in [-0.39, 0.29) is 17.7 Å². The van der Waals surface area contributed by atoms with E-state index in [9.17, 15) is 9.59 Å². The fourth-order valence-electron chi connectivity index (χ4n) is 1.27. The molecule has 86 valence electrons. The van der Waals surface area contributed by atoms with Crippen LogP contribution in [-0.2, 0) is 9.59 Å². The Morgan fingerprint density at radius 3 is 2.27 bits per heavy atom. The highest BCUT2D eigenvalue weighted by Gasteiger charge is 2.07. The highest BCUT2D eigenvalue weighted by molar-refractivity contribution is 5.78. The van der Waals surface area contributed by atoms with E-state index >= 15 is 0 Å². The lowest BCUT2D eigenvalue weighted by Crippen LogP contribution is -2.30. The van der Waals surface area contributed by atoms with E-state index in [4.69, 9.17) is 0 Å². The Kier molecular flexibility index (Phi) is 6.67. The molecule has 3 nitrogen and oxygen atoms in total. The van der Waals surface area contributed by atoms with E-state index in [1.165, 1.54) is 6.92 Å². The summed E-state index contributed by atoms with van der Waals surface area (Å²) >= 11 is 0. The smallest absolute Gasteiger partial charge is 0.217 e. The zero-order valence-corrected chi connectivity index (χ0v) is 9.93. The first-order valence-corrected chi connectivity index (χ1v) is 5.35. The SMILES string of the molecule is C=C(C)CCC(=O)CC[C@@H](C)NC(C)=O. The zero-order valence-electron chi connectivity index (χ0n) is 9.93. The molecule has 0 aromatic carbocycles. The van der Waals surface area contributed by atoms with Crippen LogP contribution in [0.5, 0.6) is 0 Å². The molecule has 3 heteroatoms. The number of amides is 1. The molecule has 0 heterocycles. The molecule has 0 aliphatic heterocycles. The number of ketones is 1. The van der Waals surface area contributed by atoms with Crippen molar-refractivity contribution in [1.82, 2.24) is 5.32 Å². The van der Waals surface area contributed by atoms with Crippen LogP contribution < -0.4 is 5.32 Å². The number of hydrogen-bond acceptors (Lipinski definition) is 2. The fourth-order valence-corrected chi connectivity index (χ4v) is 1.27. The Hall–Kier alpha value is -1.12. The van der Waals surface area contributed by atoms with Gasteiger partial charge in [-0.2, -0.15) is 0 Å². The Bertz CT molecular complexity index is 246. The number of carbonyl (C=O) groups is 2. The summed E-state index contributed by atoms with van der Waals surface area (Å²) in [5, 5.41) is 2.75. The van der Waals surface area contributed by atoms with E-state index in [1.54, 1.807) is 0 Å². The third kappa shape index (κ3) is 9.19. The van der Waals surface area contributed by atoms with Crippen LogP contribution >= 0.6 is 0 Å². The fraction of sp³-hybridized carbons (Fsp3) is 0.667. The minimum Gasteiger partial charge on any atom is -0.354 e. The van der Waals surface area contributed by atoms with Crippen LogP contribution in [0.1, 0.15) is 46.5 Å². The molecule has 0 aliphatic carbocycles. The molecule has 0 unspecified atom stereocenters. The van der Waals surface area contributed by atoms with Crippen molar-refractivity contribution in [3.05, 3.63) is 12.2 Å². The maximum absolute atomic E-state index is 11.4. The molecule has 0 saturated heterocycles. The molecule has 0 bridgehead atoms. The highest BCUT2D eigenvalue weighted by Crippen LogP contribution is 2.06. The van der Waals surface area contributed by atoms with Gasteiger partial charge in [-0.1, -0.05) is 5.57 Å². The quantitative estimate of drug-likeness (QED) is 0.656. The number of nitrogens with one attached hydrogen (secondary N) is 1. The molecule has 1 amide bonds. The molecule has 0 aromatic heterocycles. The minimum atomic E-state index is -0.0446. The Morgan fingerprint density at radius 1 is 1.20 bits per heavy atom. The summed E-state index contributed by atoms with van der Waals surface area (Å²) < 4.78 is 0. The van der Waals surface area contributed by atoms with Gasteiger partial charge < -0.3 is 5.32 Å². The maximum atomic E-state index is 11.4. The largest absolute Gasteiger partial charge is 0.354 e. The monoisotopic (exact) mass is 211 g/mol. The first kappa shape index (κ1) is 13.9. The van der Waals surface area contributed by atoms with Crippen LogP contribution in [0, 0.1) is 0 Å². The number of rotatable bonds is 7. The van der Waals surface area contributed by atoms with Gasteiger partial charge in [0.25, 0.3) is 0 Å². The summed E-state index contributed by atoms with van der Waals surface area (Å²) in [6.07, 6.45) is 2.60. The lowest BCUT2D eigenvalue weighted by molar-refractivity contribution is -0.121. The van der Waals surface area contributed by atoms with Gasteiger partial charge in [-0.3, -0.25) is 9.59 Å². The van der Waals surface area contributed by atoms with Crippen molar-refractivity contribution in [3.63, 3.8) is 0 Å². The molecule has 1 atom stereocenters. The van der Waals surface area contributed by atoms with E-state index in [2.05, 4.69) is 11.9 Å². The average molecular weight is 211 g/mol. The first-order chi connectivity index (χ1) is 6.91. The molecule has 0 aromatic rings. The lowest BCUT2D eigenvalue weighted by atomic mass is 10.0. The van der Waals surface area contributed by atoms with E-state index in [0.29, 0.717) is 19.3 Å². The lowest BCUT2D eigenvalue weighted by Gasteiger charge is -2.11. The summed E-state index contributed by atoms with van der Waals surface area (Å²) in [4.78, 5) is 22.1. The molecule has 0 rings (SSSR count). The average Bonchev–Trinajstić information content (AvgIpc) is 2.10. The van der Waals surface area contributed by atoms with Crippen LogP contribution in [0.25, 0.3) is 0 Å². The molecule has 0 fully saturated rings. The summed E-state index contributed by atoms with van der Waals surface area (Å²) in [6.45, 7) is 9.07. The summed E-state index contributed by atoms with van der Waals surface area (Å²) in [7, 11) is 0. The van der Waals surface area contributed by atoms with Crippen molar-refractivity contribution in [2.24, 2.45) is 0 Å². The van der Waals surface area contributed by atoms with Gasteiger partial charge in [-0.05, 0) is 26.7 Å². The van der Waals surface area contributed by atoms with Gasteiger partial charge in [0.15, 0.2) is 0 Å². The normalized spacial score (nSPS) is 11.9. The van der Waals surface area contributed by atoms with Crippen molar-refractivity contribution in [2.45, 2.75) is 52.5 Å². The first-order valence-electron chi connectivity index (χ1n) is 5.35. The molecule has 0 radical (unpaired) electrons. The van der Waals surface area contributed by atoms with Crippen molar-refractivity contribution in [2.75, 3.05) is 0 Å². The van der Waals surface area contributed by atoms with Crippen LogP contribution in [0.3, 0.4) is 0 Å². The van der Waals surface area contributed by atoms with Gasteiger partial charge in [0.1, 0.15) is 5.78 Å². The third-order valence-corrected chi connectivity index (χ3v) is 2.14. The summed E-state index contributed by atoms with van der Waals surface area (Å²) in [5.41, 5.74) is 1.04. The van der Waals surface area contributed by atoms with Gasteiger partial charge in [-0.15, -0.1) is 6.58 Å². The summed E-state index contributed by atoms with van der Waals surface area (Å²) in [5.74, 6) is 0.201. The Balaban J connectivity index is 3.61. The van der Waals surface area contributed by atoms with E-state index < -0.39 is 0 Å². The Labute approximate surface area is 91.9 Å². The molecule has 0 saturated carbocycles. The van der Waals surface area contributed by atoms with Crippen molar-refractivity contribution in [1.29, 1.82) is 0 Å². The van der Waals surface area contributed by atoms with Gasteiger partial charge in [-0.25, -0.2) is 0 Å². The minimum absolute atomic E-state index is 0.0446. The summed E-state index contributed by atoms with van der Waals surface area (Å²) in [6, 6.07) is 0.0799. The number of hydrogen-bond donors (Lipinski definition) is 1. The van der Waals surface area contributed by atoms with Gasteiger partial charge in [0, 0.05) is 25.8 Å². The molecular weight excluding hydrogens is 190 g/mol. The predicted molar refractivity (Wildman–Crippen MR) is 61.6 cm³/mol. The predicted octanol–water partition coefficient (Wildman–Crippen LogP) is 2.22. The van der Waals surface area contributed by atoms with Crippen LogP contribution in [-0.4, -0.2) is 17.7 Å². The highest BCUT2D eigenvalue weighted by atomic mass is 16.1. The standard InChI is InChI=1S/C12H21NO2/c1-9(2)5-7-12(15)8-6-10(3)13-11(4)14/h10H,1,5-8H2,2-4H3,(H,13,14)/t10-/m1/s1. The molecule has 0 aliphatic rings. The van der Waals surface area contributed by atoms with Gasteiger partial charge in [0.05, 0.1) is 0 Å². The molecule has 1 N–H and O–H groups in total. The van der Waals surface area contributed by atoms with E-state index in [0.717, 1.165) is 12.0 Å². The molecule has 0 spiro atoms. The number of allylic oxidation sites excluding steroid dienone is 1. The second-order valence-electron chi connectivity index (χ2n) is 4.14. The topological polar surface area (TPSA) is 46.2 Å². The second-order valence-corrected chi connectivity index (χ2v) is 4.14. The third-order valence-electron chi connectivity index (χ3n) is 2.14. The Morgan fingerprint density at radius 2 is 1.80 bits per heavy atom. The van der Waals surface area contributed by atoms with Crippen LogP contribution in [0.4, 0.5) is 0 Å². The van der Waals surface area contributed by atoms with Crippen molar-refractivity contribution in [3.8, 4) is 0 Å². The second kappa shape index (κ2) is 7.21. The van der Waals surface area contributed by atoms with Gasteiger partial charge in [0.2, 0.25) is 5.91 Å². The van der Waals surface area contributed by atoms with Crippen LogP contribution in [0.15, 0.2) is 12.2 Å². The number of Topliss-reactive ketones (excluding diaryl/α,β-unsaturated/α-hetero) is 1. The maximum Gasteiger partial charge on any atom is 0.217 e.